The highest BCUT2D eigenvalue weighted by atomic mass is 35.5. The number of para-hydroxylation sites is 1. The fourth-order valence-corrected chi connectivity index (χ4v) is 2.70. The van der Waals surface area contributed by atoms with Crippen LogP contribution in [0.25, 0.3) is 0 Å². The van der Waals surface area contributed by atoms with E-state index >= 15 is 0 Å². The predicted octanol–water partition coefficient (Wildman–Crippen LogP) is 3.35. The van der Waals surface area contributed by atoms with Crippen LogP contribution in [0.3, 0.4) is 0 Å². The molecule has 1 aromatic heterocycles. The smallest absolute Gasteiger partial charge is 0.259 e. The first kappa shape index (κ1) is 20.4. The van der Waals surface area contributed by atoms with Gasteiger partial charge in [0.2, 0.25) is 0 Å². The second-order valence-electron chi connectivity index (χ2n) is 5.59. The van der Waals surface area contributed by atoms with Crippen molar-refractivity contribution in [3.63, 3.8) is 0 Å². The number of nitrogens with zero attached hydrogens (tertiary/aromatic N) is 2. The lowest BCUT2D eigenvalue weighted by Crippen LogP contribution is -2.29. The zero-order valence-electron chi connectivity index (χ0n) is 13.5. The van der Waals surface area contributed by atoms with Crippen molar-refractivity contribution in [2.45, 2.75) is 25.7 Å². The van der Waals surface area contributed by atoms with Crippen LogP contribution in [0.4, 0.5) is 5.69 Å². The Hall–Kier alpha value is -1.69. The van der Waals surface area contributed by atoms with Gasteiger partial charge < -0.3 is 10.6 Å². The van der Waals surface area contributed by atoms with Gasteiger partial charge in [0.15, 0.2) is 0 Å². The van der Waals surface area contributed by atoms with E-state index in [1.807, 2.05) is 37.3 Å². The fourth-order valence-electron chi connectivity index (χ4n) is 2.70. The zero-order valence-corrected chi connectivity index (χ0v) is 15.1. The molecule has 24 heavy (non-hydrogen) atoms. The van der Waals surface area contributed by atoms with Crippen LogP contribution in [-0.2, 0) is 0 Å². The SMILES string of the molecule is Cc1nc(C2CCCNC2)ncc1C(=O)Nc1ccccc1.Cl.Cl. The first-order valence-electron chi connectivity index (χ1n) is 7.64. The van der Waals surface area contributed by atoms with Gasteiger partial charge in [-0.1, -0.05) is 18.2 Å². The van der Waals surface area contributed by atoms with E-state index < -0.39 is 0 Å². The van der Waals surface area contributed by atoms with Gasteiger partial charge >= 0.3 is 0 Å². The first-order valence-corrected chi connectivity index (χ1v) is 7.64. The third-order valence-electron chi connectivity index (χ3n) is 3.94. The molecule has 1 aliphatic heterocycles. The molecule has 1 unspecified atom stereocenters. The molecule has 0 radical (unpaired) electrons. The molecule has 5 nitrogen and oxygen atoms in total. The van der Waals surface area contributed by atoms with Crippen LogP contribution < -0.4 is 10.6 Å². The Morgan fingerprint density at radius 2 is 2.00 bits per heavy atom. The molecule has 7 heteroatoms. The standard InChI is InChI=1S/C17H20N4O.2ClH/c1-12-15(17(22)21-14-7-3-2-4-8-14)11-19-16(20-12)13-6-5-9-18-10-13;;/h2-4,7-8,11,13,18H,5-6,9-10H2,1H3,(H,21,22);2*1H. The van der Waals surface area contributed by atoms with Gasteiger partial charge in [-0.3, -0.25) is 4.79 Å². The van der Waals surface area contributed by atoms with Crippen LogP contribution >= 0.6 is 24.8 Å². The Kier molecular flexibility index (Phi) is 8.11. The summed E-state index contributed by atoms with van der Waals surface area (Å²) in [5.74, 6) is 1.01. The Morgan fingerprint density at radius 3 is 2.62 bits per heavy atom. The number of benzene rings is 1. The van der Waals surface area contributed by atoms with Gasteiger partial charge in [0.1, 0.15) is 5.82 Å². The first-order chi connectivity index (χ1) is 10.7. The molecular formula is C17H22Cl2N4O. The molecule has 2 heterocycles. The predicted molar refractivity (Wildman–Crippen MR) is 101 cm³/mol. The van der Waals surface area contributed by atoms with E-state index in [2.05, 4.69) is 20.6 Å². The number of piperidine rings is 1. The molecule has 2 N–H and O–H groups in total. The highest BCUT2D eigenvalue weighted by Crippen LogP contribution is 2.21. The molecule has 1 saturated heterocycles. The van der Waals surface area contributed by atoms with E-state index in [0.717, 1.165) is 43.1 Å². The van der Waals surface area contributed by atoms with Crippen LogP contribution in [-0.4, -0.2) is 29.0 Å². The van der Waals surface area contributed by atoms with E-state index in [-0.39, 0.29) is 30.7 Å². The Labute approximate surface area is 154 Å². The second-order valence-corrected chi connectivity index (χ2v) is 5.59. The van der Waals surface area contributed by atoms with Crippen molar-refractivity contribution in [2.75, 3.05) is 18.4 Å². The highest BCUT2D eigenvalue weighted by molar-refractivity contribution is 6.04. The summed E-state index contributed by atoms with van der Waals surface area (Å²) >= 11 is 0. The van der Waals surface area contributed by atoms with Crippen LogP contribution in [0.5, 0.6) is 0 Å². The van der Waals surface area contributed by atoms with Gasteiger partial charge in [-0.15, -0.1) is 24.8 Å². The summed E-state index contributed by atoms with van der Waals surface area (Å²) in [6.45, 7) is 3.84. The maximum atomic E-state index is 12.3. The minimum atomic E-state index is -0.169. The quantitative estimate of drug-likeness (QED) is 0.871. The summed E-state index contributed by atoms with van der Waals surface area (Å²) in [6, 6.07) is 9.40. The van der Waals surface area contributed by atoms with E-state index in [0.29, 0.717) is 11.5 Å². The number of nitrogens with one attached hydrogen (secondary N) is 2. The van der Waals surface area contributed by atoms with Gasteiger partial charge in [0, 0.05) is 24.3 Å². The minimum absolute atomic E-state index is 0. The second kappa shape index (κ2) is 9.57. The summed E-state index contributed by atoms with van der Waals surface area (Å²) in [7, 11) is 0. The topological polar surface area (TPSA) is 66.9 Å². The molecule has 1 fully saturated rings. The molecule has 130 valence electrons. The number of aryl methyl sites for hydroxylation is 1. The van der Waals surface area contributed by atoms with Gasteiger partial charge in [-0.05, 0) is 38.4 Å². The molecule has 1 atom stereocenters. The number of rotatable bonds is 3. The van der Waals surface area contributed by atoms with E-state index in [1.54, 1.807) is 6.20 Å². The largest absolute Gasteiger partial charge is 0.322 e. The average molecular weight is 369 g/mol. The average Bonchev–Trinajstić information content (AvgIpc) is 2.56. The summed E-state index contributed by atoms with van der Waals surface area (Å²) in [5.41, 5.74) is 2.02. The number of hydrogen-bond acceptors (Lipinski definition) is 4. The van der Waals surface area contributed by atoms with Crippen LogP contribution in [0, 0.1) is 6.92 Å². The summed E-state index contributed by atoms with van der Waals surface area (Å²) in [4.78, 5) is 21.3. The molecule has 2 aromatic rings. The molecule has 0 saturated carbocycles. The molecular weight excluding hydrogens is 347 g/mol. The van der Waals surface area contributed by atoms with E-state index in [1.165, 1.54) is 0 Å². The lowest BCUT2D eigenvalue weighted by Gasteiger charge is -2.21. The maximum Gasteiger partial charge on any atom is 0.259 e. The monoisotopic (exact) mass is 368 g/mol. The van der Waals surface area contributed by atoms with Crippen LogP contribution in [0.1, 0.15) is 40.6 Å². The number of aromatic nitrogens is 2. The van der Waals surface area contributed by atoms with E-state index in [4.69, 9.17) is 0 Å². The number of anilines is 1. The van der Waals surface area contributed by atoms with Crippen molar-refractivity contribution in [2.24, 2.45) is 0 Å². The van der Waals surface area contributed by atoms with Crippen molar-refractivity contribution in [1.82, 2.24) is 15.3 Å². The Bertz CT molecular complexity index is 661. The van der Waals surface area contributed by atoms with E-state index in [9.17, 15) is 4.79 Å². The molecule has 1 amide bonds. The summed E-state index contributed by atoms with van der Waals surface area (Å²) < 4.78 is 0. The Morgan fingerprint density at radius 1 is 1.25 bits per heavy atom. The fraction of sp³-hybridized carbons (Fsp3) is 0.353. The highest BCUT2D eigenvalue weighted by Gasteiger charge is 2.20. The van der Waals surface area contributed by atoms with Crippen molar-refractivity contribution in [3.8, 4) is 0 Å². The molecule has 3 rings (SSSR count). The van der Waals surface area contributed by atoms with Crippen LogP contribution in [0.2, 0.25) is 0 Å². The van der Waals surface area contributed by atoms with Crippen molar-refractivity contribution < 1.29 is 4.79 Å². The number of carbonyl (C=O) groups is 1. The normalized spacial score (nSPS) is 16.5. The van der Waals surface area contributed by atoms with Gasteiger partial charge in [-0.2, -0.15) is 0 Å². The molecule has 0 bridgehead atoms. The number of halogens is 2. The number of amides is 1. The van der Waals surface area contributed by atoms with Crippen molar-refractivity contribution >= 4 is 36.4 Å². The van der Waals surface area contributed by atoms with Crippen molar-refractivity contribution in [1.29, 1.82) is 0 Å². The molecule has 1 aliphatic rings. The third kappa shape index (κ3) is 4.90. The number of hydrogen-bond donors (Lipinski definition) is 2. The van der Waals surface area contributed by atoms with Crippen molar-refractivity contribution in [3.05, 3.63) is 53.6 Å². The van der Waals surface area contributed by atoms with Gasteiger partial charge in [-0.25, -0.2) is 9.97 Å². The number of carbonyl (C=O) groups excluding carboxylic acids is 1. The van der Waals surface area contributed by atoms with Gasteiger partial charge in [0.25, 0.3) is 5.91 Å². The Balaban J connectivity index is 0.00000144. The minimum Gasteiger partial charge on any atom is -0.322 e. The lowest BCUT2D eigenvalue weighted by molar-refractivity contribution is 0.102. The van der Waals surface area contributed by atoms with Gasteiger partial charge in [0.05, 0.1) is 11.3 Å². The third-order valence-corrected chi connectivity index (χ3v) is 3.94. The van der Waals surface area contributed by atoms with Crippen LogP contribution in [0.15, 0.2) is 36.5 Å². The molecule has 0 aliphatic carbocycles. The zero-order chi connectivity index (χ0) is 15.4. The maximum absolute atomic E-state index is 12.3. The molecule has 1 aromatic carbocycles. The summed E-state index contributed by atoms with van der Waals surface area (Å²) in [6.07, 6.45) is 3.88. The summed E-state index contributed by atoms with van der Waals surface area (Å²) in [5, 5.41) is 6.23. The molecule has 0 spiro atoms. The lowest BCUT2D eigenvalue weighted by atomic mass is 9.98.